The number of hydrogen-bond acceptors (Lipinski definition) is 4. The molecule has 23 heavy (non-hydrogen) atoms. The van der Waals surface area contributed by atoms with Crippen LogP contribution in [-0.2, 0) is 4.84 Å². The molecule has 0 aromatic rings. The van der Waals surface area contributed by atoms with Gasteiger partial charge in [0.15, 0.2) is 0 Å². The zero-order valence-corrected chi connectivity index (χ0v) is 14.5. The van der Waals surface area contributed by atoms with Crippen LogP contribution in [0.15, 0.2) is 12.3 Å². The molecule has 1 saturated heterocycles. The molecule has 2 unspecified atom stereocenters. The first-order chi connectivity index (χ1) is 10.9. The van der Waals surface area contributed by atoms with Crippen LogP contribution in [0.1, 0.15) is 33.1 Å². The van der Waals surface area contributed by atoms with E-state index < -0.39 is 5.92 Å². The molecule has 2 aliphatic rings. The van der Waals surface area contributed by atoms with Gasteiger partial charge in [0.05, 0.1) is 6.61 Å². The Bertz CT molecular complexity index is 384. The van der Waals surface area contributed by atoms with Crippen LogP contribution < -0.4 is 5.32 Å². The first kappa shape index (κ1) is 18.6. The molecule has 0 aromatic heterocycles. The third-order valence-corrected chi connectivity index (χ3v) is 5.08. The number of nitrogens with zero attached hydrogens (tertiary/aromatic N) is 2. The van der Waals surface area contributed by atoms with Crippen molar-refractivity contribution in [2.45, 2.75) is 39.0 Å². The van der Waals surface area contributed by atoms with Crippen molar-refractivity contribution in [3.05, 3.63) is 12.3 Å². The Morgan fingerprint density at radius 3 is 2.61 bits per heavy atom. The van der Waals surface area contributed by atoms with Crippen molar-refractivity contribution in [2.24, 2.45) is 11.8 Å². The number of halogens is 2. The maximum atomic E-state index is 13.4. The number of allylic oxidation sites excluding steroid dienone is 1. The van der Waals surface area contributed by atoms with E-state index in [9.17, 15) is 8.78 Å². The predicted octanol–water partition coefficient (Wildman–Crippen LogP) is 2.73. The molecular weight excluding hydrogens is 300 g/mol. The van der Waals surface area contributed by atoms with Crippen molar-refractivity contribution in [3.63, 3.8) is 0 Å². The van der Waals surface area contributed by atoms with Gasteiger partial charge in [-0.3, -0.25) is 4.84 Å². The summed E-state index contributed by atoms with van der Waals surface area (Å²) in [5.41, 5.74) is 0.882. The molecule has 6 heteroatoms. The van der Waals surface area contributed by atoms with Gasteiger partial charge in [0, 0.05) is 57.2 Å². The number of hydroxylamine groups is 2. The summed E-state index contributed by atoms with van der Waals surface area (Å²) < 4.78 is 26.8. The summed E-state index contributed by atoms with van der Waals surface area (Å²) in [6.45, 7) is 14.4. The molecule has 0 aromatic carbocycles. The minimum Gasteiger partial charge on any atom is -0.386 e. The van der Waals surface area contributed by atoms with Gasteiger partial charge in [0.25, 0.3) is 0 Å². The zero-order valence-electron chi connectivity index (χ0n) is 14.5. The molecule has 1 aliphatic carbocycles. The van der Waals surface area contributed by atoms with Gasteiger partial charge in [-0.2, -0.15) is 5.06 Å². The first-order valence-corrected chi connectivity index (χ1v) is 8.82. The quantitative estimate of drug-likeness (QED) is 0.726. The third-order valence-electron chi connectivity index (χ3n) is 5.08. The first-order valence-electron chi connectivity index (χ1n) is 8.82. The number of rotatable bonds is 7. The standard InChI is InChI=1S/C17H31F2N3O/c1-4-21-8-10-22(11-9-21)23-12-7-20-15(3)16-5-6-17(18,19)13-14(16)2/h14,16,20H,3-13H2,1-2H3. The van der Waals surface area contributed by atoms with E-state index in [0.717, 1.165) is 38.4 Å². The molecule has 4 nitrogen and oxygen atoms in total. The van der Waals surface area contributed by atoms with Crippen LogP contribution in [0.5, 0.6) is 0 Å². The van der Waals surface area contributed by atoms with Crippen LogP contribution in [0, 0.1) is 11.8 Å². The lowest BCUT2D eigenvalue weighted by Gasteiger charge is -2.35. The average Bonchev–Trinajstić information content (AvgIpc) is 2.51. The normalized spacial score (nSPS) is 29.4. The zero-order chi connectivity index (χ0) is 16.9. The Kier molecular flexibility index (Phi) is 6.80. The summed E-state index contributed by atoms with van der Waals surface area (Å²) in [5.74, 6) is -2.38. The van der Waals surface area contributed by atoms with E-state index in [1.165, 1.54) is 0 Å². The van der Waals surface area contributed by atoms with E-state index in [-0.39, 0.29) is 24.7 Å². The molecule has 2 fully saturated rings. The van der Waals surface area contributed by atoms with Gasteiger partial charge in [-0.15, -0.1) is 0 Å². The van der Waals surface area contributed by atoms with Crippen LogP contribution >= 0.6 is 0 Å². The number of likely N-dealkylation sites (N-methyl/N-ethyl adjacent to an activating group) is 1. The second-order valence-electron chi connectivity index (χ2n) is 6.83. The van der Waals surface area contributed by atoms with Crippen LogP contribution in [0.2, 0.25) is 0 Å². The molecule has 1 aliphatic heterocycles. The summed E-state index contributed by atoms with van der Waals surface area (Å²) in [7, 11) is 0. The van der Waals surface area contributed by atoms with Gasteiger partial charge < -0.3 is 10.2 Å². The molecule has 1 saturated carbocycles. The topological polar surface area (TPSA) is 27.7 Å². The van der Waals surface area contributed by atoms with E-state index in [0.29, 0.717) is 19.6 Å². The lowest BCUT2D eigenvalue weighted by molar-refractivity contribution is -0.174. The molecule has 2 rings (SSSR count). The lowest BCUT2D eigenvalue weighted by atomic mass is 9.77. The van der Waals surface area contributed by atoms with Crippen molar-refractivity contribution in [1.82, 2.24) is 15.3 Å². The highest BCUT2D eigenvalue weighted by Crippen LogP contribution is 2.41. The minimum absolute atomic E-state index is 0.0261. The summed E-state index contributed by atoms with van der Waals surface area (Å²) in [5, 5.41) is 5.28. The molecule has 1 N–H and O–H groups in total. The number of hydrogen-bond donors (Lipinski definition) is 1. The second-order valence-corrected chi connectivity index (χ2v) is 6.83. The average molecular weight is 331 g/mol. The smallest absolute Gasteiger partial charge is 0.248 e. The van der Waals surface area contributed by atoms with Crippen LogP contribution in [0.25, 0.3) is 0 Å². The van der Waals surface area contributed by atoms with E-state index in [2.05, 4.69) is 23.7 Å². The highest BCUT2D eigenvalue weighted by atomic mass is 19.3. The van der Waals surface area contributed by atoms with Gasteiger partial charge in [0.2, 0.25) is 5.92 Å². The molecule has 1 heterocycles. The Morgan fingerprint density at radius 2 is 2.00 bits per heavy atom. The fraction of sp³-hybridized carbons (Fsp3) is 0.882. The Labute approximate surface area is 138 Å². The Morgan fingerprint density at radius 1 is 1.30 bits per heavy atom. The van der Waals surface area contributed by atoms with Crippen molar-refractivity contribution < 1.29 is 13.6 Å². The second kappa shape index (κ2) is 8.40. The fourth-order valence-corrected chi connectivity index (χ4v) is 3.58. The Balaban J connectivity index is 1.60. The summed E-state index contributed by atoms with van der Waals surface area (Å²) >= 11 is 0. The SMILES string of the molecule is C=C(NCCON1CCN(CC)CC1)C1CCC(F)(F)CC1C. The molecule has 0 amide bonds. The summed E-state index contributed by atoms with van der Waals surface area (Å²) in [6, 6.07) is 0. The van der Waals surface area contributed by atoms with Crippen molar-refractivity contribution >= 4 is 0 Å². The van der Waals surface area contributed by atoms with Crippen molar-refractivity contribution in [1.29, 1.82) is 0 Å². The van der Waals surface area contributed by atoms with Gasteiger partial charge in [-0.05, 0) is 18.9 Å². The maximum absolute atomic E-state index is 13.4. The largest absolute Gasteiger partial charge is 0.386 e. The van der Waals surface area contributed by atoms with E-state index in [4.69, 9.17) is 4.84 Å². The molecule has 2 atom stereocenters. The number of piperazine rings is 1. The van der Waals surface area contributed by atoms with Gasteiger partial charge in [-0.25, -0.2) is 8.78 Å². The molecule has 0 radical (unpaired) electrons. The van der Waals surface area contributed by atoms with Crippen LogP contribution in [0.4, 0.5) is 8.78 Å². The lowest BCUT2D eigenvalue weighted by Crippen LogP contribution is -2.46. The van der Waals surface area contributed by atoms with Gasteiger partial charge in [0.1, 0.15) is 0 Å². The predicted molar refractivity (Wildman–Crippen MR) is 88.2 cm³/mol. The highest BCUT2D eigenvalue weighted by Gasteiger charge is 2.40. The van der Waals surface area contributed by atoms with Crippen LogP contribution in [0.3, 0.4) is 0 Å². The van der Waals surface area contributed by atoms with Gasteiger partial charge in [-0.1, -0.05) is 20.4 Å². The summed E-state index contributed by atoms with van der Waals surface area (Å²) in [6.07, 6.45) is 0.456. The van der Waals surface area contributed by atoms with E-state index in [1.807, 2.05) is 12.0 Å². The van der Waals surface area contributed by atoms with E-state index in [1.54, 1.807) is 0 Å². The highest BCUT2D eigenvalue weighted by molar-refractivity contribution is 5.03. The number of nitrogens with one attached hydrogen (secondary N) is 1. The molecule has 0 spiro atoms. The molecule has 134 valence electrons. The third kappa shape index (κ3) is 5.69. The number of alkyl halides is 2. The molecule has 0 bridgehead atoms. The monoisotopic (exact) mass is 331 g/mol. The molecular formula is C17H31F2N3O. The Hall–Kier alpha value is -0.720. The van der Waals surface area contributed by atoms with Crippen molar-refractivity contribution in [3.8, 4) is 0 Å². The summed E-state index contributed by atoms with van der Waals surface area (Å²) in [4.78, 5) is 8.16. The van der Waals surface area contributed by atoms with Crippen LogP contribution in [-0.4, -0.2) is 61.8 Å². The fourth-order valence-electron chi connectivity index (χ4n) is 3.58. The van der Waals surface area contributed by atoms with E-state index >= 15 is 0 Å². The van der Waals surface area contributed by atoms with Crippen molar-refractivity contribution in [2.75, 3.05) is 45.9 Å². The minimum atomic E-state index is -2.50. The van der Waals surface area contributed by atoms with Gasteiger partial charge >= 0.3 is 0 Å². The maximum Gasteiger partial charge on any atom is 0.248 e.